The highest BCUT2D eigenvalue weighted by Crippen LogP contribution is 2.65. The number of nitrogens with zero attached hydrogens (tertiary/aromatic N) is 1. The van der Waals surface area contributed by atoms with Crippen LogP contribution in [-0.2, 0) is 9.53 Å². The van der Waals surface area contributed by atoms with Crippen LogP contribution >= 0.6 is 0 Å². The Morgan fingerprint density at radius 1 is 1.20 bits per heavy atom. The predicted octanol–water partition coefficient (Wildman–Crippen LogP) is 6.58. The zero-order valence-corrected chi connectivity index (χ0v) is 18.9. The first kappa shape index (κ1) is 21.3. The SMILES string of the molecule is C=C/C=C\N=CCC1=CC[C@H]2C3CC=C4C[C@@H](OC(C)=O)CC[C@]4(C)[C@H]3CC[C@]12C. The van der Waals surface area contributed by atoms with Crippen LogP contribution in [0.25, 0.3) is 0 Å². The highest BCUT2D eigenvalue weighted by molar-refractivity contribution is 5.66. The molecular formula is C27H37NO2. The molecule has 0 aliphatic heterocycles. The molecule has 2 saturated carbocycles. The second-order valence-corrected chi connectivity index (χ2v) is 10.3. The van der Waals surface area contributed by atoms with E-state index in [9.17, 15) is 4.79 Å². The third kappa shape index (κ3) is 3.65. The van der Waals surface area contributed by atoms with E-state index < -0.39 is 0 Å². The largest absolute Gasteiger partial charge is 0.462 e. The first-order valence-electron chi connectivity index (χ1n) is 11.7. The highest BCUT2D eigenvalue weighted by Gasteiger charge is 2.56. The average Bonchev–Trinajstić information content (AvgIpc) is 3.04. The first-order valence-corrected chi connectivity index (χ1v) is 11.7. The van der Waals surface area contributed by atoms with Gasteiger partial charge in [0.05, 0.1) is 0 Å². The van der Waals surface area contributed by atoms with Crippen LogP contribution in [0.3, 0.4) is 0 Å². The molecule has 0 spiro atoms. The molecule has 0 aromatic carbocycles. The minimum Gasteiger partial charge on any atom is -0.462 e. The summed E-state index contributed by atoms with van der Waals surface area (Å²) in [4.78, 5) is 15.8. The lowest BCUT2D eigenvalue weighted by atomic mass is 9.47. The van der Waals surface area contributed by atoms with Gasteiger partial charge in [0.2, 0.25) is 0 Å². The molecule has 4 aliphatic carbocycles. The van der Waals surface area contributed by atoms with Crippen LogP contribution in [-0.4, -0.2) is 18.3 Å². The van der Waals surface area contributed by atoms with Crippen LogP contribution in [0.5, 0.6) is 0 Å². The number of carbonyl (C=O) groups excluding carboxylic acids is 1. The van der Waals surface area contributed by atoms with Crippen molar-refractivity contribution in [2.24, 2.45) is 33.6 Å². The molecule has 3 heteroatoms. The molecule has 0 bridgehead atoms. The monoisotopic (exact) mass is 407 g/mol. The summed E-state index contributed by atoms with van der Waals surface area (Å²) in [6, 6.07) is 0. The molecule has 0 heterocycles. The quantitative estimate of drug-likeness (QED) is 0.223. The third-order valence-electron chi connectivity index (χ3n) is 8.86. The Balaban J connectivity index is 1.49. The fourth-order valence-corrected chi connectivity index (χ4v) is 7.26. The van der Waals surface area contributed by atoms with Gasteiger partial charge in [-0.05, 0) is 73.2 Å². The van der Waals surface area contributed by atoms with E-state index in [4.69, 9.17) is 4.74 Å². The van der Waals surface area contributed by atoms with Gasteiger partial charge in [0, 0.05) is 32.2 Å². The minimum absolute atomic E-state index is 0.0846. The van der Waals surface area contributed by atoms with Gasteiger partial charge in [-0.1, -0.05) is 49.8 Å². The lowest BCUT2D eigenvalue weighted by Gasteiger charge is -2.57. The molecule has 30 heavy (non-hydrogen) atoms. The van der Waals surface area contributed by atoms with E-state index in [2.05, 4.69) is 43.8 Å². The van der Waals surface area contributed by atoms with Gasteiger partial charge in [-0.15, -0.1) is 0 Å². The Bertz CT molecular complexity index is 819. The molecule has 0 N–H and O–H groups in total. The number of carbonyl (C=O) groups is 1. The number of hydrogen-bond acceptors (Lipinski definition) is 3. The summed E-state index contributed by atoms with van der Waals surface area (Å²) in [5.74, 6) is 2.16. The van der Waals surface area contributed by atoms with Crippen molar-refractivity contribution in [2.45, 2.75) is 78.2 Å². The maximum Gasteiger partial charge on any atom is 0.302 e. The molecule has 2 fully saturated rings. The van der Waals surface area contributed by atoms with E-state index in [-0.39, 0.29) is 12.1 Å². The zero-order valence-electron chi connectivity index (χ0n) is 18.9. The van der Waals surface area contributed by atoms with Crippen molar-refractivity contribution < 1.29 is 9.53 Å². The van der Waals surface area contributed by atoms with Gasteiger partial charge in [0.1, 0.15) is 6.10 Å². The van der Waals surface area contributed by atoms with Crippen molar-refractivity contribution in [1.82, 2.24) is 0 Å². The van der Waals surface area contributed by atoms with Gasteiger partial charge in [-0.3, -0.25) is 9.79 Å². The molecule has 0 amide bonds. The summed E-state index contributed by atoms with van der Waals surface area (Å²) in [6.45, 7) is 10.2. The van der Waals surface area contributed by atoms with Gasteiger partial charge in [0.25, 0.3) is 0 Å². The maximum absolute atomic E-state index is 11.4. The van der Waals surface area contributed by atoms with Gasteiger partial charge in [0.15, 0.2) is 0 Å². The highest BCUT2D eigenvalue weighted by atomic mass is 16.5. The Kier molecular flexibility index (Phi) is 5.92. The van der Waals surface area contributed by atoms with Crippen LogP contribution in [0.4, 0.5) is 0 Å². The second kappa shape index (κ2) is 8.32. The first-order chi connectivity index (χ1) is 14.4. The molecule has 4 aliphatic rings. The molecule has 4 rings (SSSR count). The third-order valence-corrected chi connectivity index (χ3v) is 8.86. The van der Waals surface area contributed by atoms with Crippen molar-refractivity contribution in [3.63, 3.8) is 0 Å². The van der Waals surface area contributed by atoms with Crippen molar-refractivity contribution >= 4 is 12.2 Å². The number of esters is 1. The van der Waals surface area contributed by atoms with E-state index in [0.29, 0.717) is 10.8 Å². The molecule has 3 nitrogen and oxygen atoms in total. The maximum atomic E-state index is 11.4. The summed E-state index contributed by atoms with van der Waals surface area (Å²) < 4.78 is 5.57. The van der Waals surface area contributed by atoms with Crippen molar-refractivity contribution in [2.75, 3.05) is 0 Å². The fourth-order valence-electron chi connectivity index (χ4n) is 7.26. The lowest BCUT2D eigenvalue weighted by molar-refractivity contribution is -0.148. The summed E-state index contributed by atoms with van der Waals surface area (Å²) in [7, 11) is 0. The number of aliphatic imine (C=N–C) groups is 1. The van der Waals surface area contributed by atoms with Crippen LogP contribution < -0.4 is 0 Å². The van der Waals surface area contributed by atoms with Crippen LogP contribution in [0.15, 0.2) is 53.2 Å². The summed E-state index contributed by atoms with van der Waals surface area (Å²) in [5, 5.41) is 0. The minimum atomic E-state index is -0.139. The summed E-state index contributed by atoms with van der Waals surface area (Å²) in [5.41, 5.74) is 3.78. The average molecular weight is 408 g/mol. The van der Waals surface area contributed by atoms with Crippen molar-refractivity contribution in [1.29, 1.82) is 0 Å². The van der Waals surface area contributed by atoms with E-state index in [1.165, 1.54) is 32.6 Å². The number of ether oxygens (including phenoxy) is 1. The van der Waals surface area contributed by atoms with E-state index in [0.717, 1.165) is 43.4 Å². The van der Waals surface area contributed by atoms with Crippen molar-refractivity contribution in [3.05, 3.63) is 48.2 Å². The van der Waals surface area contributed by atoms with Gasteiger partial charge in [-0.2, -0.15) is 0 Å². The van der Waals surface area contributed by atoms with E-state index >= 15 is 0 Å². The fraction of sp³-hybridized carbons (Fsp3) is 0.630. The molecule has 0 radical (unpaired) electrons. The van der Waals surface area contributed by atoms with E-state index in [1.807, 2.05) is 12.3 Å². The topological polar surface area (TPSA) is 38.7 Å². The number of rotatable bonds is 5. The summed E-state index contributed by atoms with van der Waals surface area (Å²) in [6.07, 6.45) is 21.7. The Labute approximate surface area is 182 Å². The molecule has 6 atom stereocenters. The van der Waals surface area contributed by atoms with Gasteiger partial charge >= 0.3 is 5.97 Å². The standard InChI is InChI=1S/C27H37NO2/c1-5-6-16-28-17-13-20-8-10-24-23-9-7-21-18-22(30-19(2)29)11-14-27(21,4)25(23)12-15-26(20,24)3/h5-8,16-17,22-25H,1,9-15,18H2,2-4H3/b16-6-,28-17?/t22-,23?,24-,25-,26+,27-/m0/s1. The molecule has 0 aromatic heterocycles. The number of hydrogen-bond donors (Lipinski definition) is 0. The number of fused-ring (bicyclic) bond motifs is 5. The Morgan fingerprint density at radius 2 is 2.00 bits per heavy atom. The lowest BCUT2D eigenvalue weighted by Crippen LogP contribution is -2.50. The van der Waals surface area contributed by atoms with E-state index in [1.54, 1.807) is 17.2 Å². The van der Waals surface area contributed by atoms with Crippen LogP contribution in [0, 0.1) is 28.6 Å². The Hall–Kier alpha value is -1.90. The molecule has 0 saturated heterocycles. The second-order valence-electron chi connectivity index (χ2n) is 10.3. The molecule has 1 unspecified atom stereocenters. The molecule has 0 aromatic rings. The van der Waals surface area contributed by atoms with Crippen molar-refractivity contribution in [3.8, 4) is 0 Å². The predicted molar refractivity (Wildman–Crippen MR) is 123 cm³/mol. The molecule has 162 valence electrons. The molecular weight excluding hydrogens is 370 g/mol. The number of allylic oxidation sites excluding steroid dienone is 5. The Morgan fingerprint density at radius 3 is 2.77 bits per heavy atom. The smallest absolute Gasteiger partial charge is 0.302 e. The van der Waals surface area contributed by atoms with Gasteiger partial charge < -0.3 is 4.74 Å². The van der Waals surface area contributed by atoms with Gasteiger partial charge in [-0.25, -0.2) is 0 Å². The van der Waals surface area contributed by atoms with Crippen LogP contribution in [0.1, 0.15) is 72.1 Å². The zero-order chi connectivity index (χ0) is 21.4. The summed E-state index contributed by atoms with van der Waals surface area (Å²) >= 11 is 0. The normalized spacial score (nSPS) is 40.4. The van der Waals surface area contributed by atoms with Crippen LogP contribution in [0.2, 0.25) is 0 Å².